The number of carbonyl (C=O) groups is 2. The van der Waals surface area contributed by atoms with E-state index in [-0.39, 0.29) is 18.2 Å². The molecule has 0 aliphatic rings. The minimum absolute atomic E-state index is 0.191. The molecule has 5 heteroatoms. The van der Waals surface area contributed by atoms with Gasteiger partial charge >= 0.3 is 0 Å². The predicted octanol–water partition coefficient (Wildman–Crippen LogP) is 3.66. The number of hydrogen-bond donors (Lipinski definition) is 0. The van der Waals surface area contributed by atoms with Crippen molar-refractivity contribution in [1.82, 2.24) is 0 Å². The molecule has 0 saturated heterocycles. The van der Waals surface area contributed by atoms with Gasteiger partial charge in [-0.1, -0.05) is 29.3 Å². The lowest BCUT2D eigenvalue weighted by atomic mass is 10.2. The summed E-state index contributed by atoms with van der Waals surface area (Å²) in [5, 5.41) is 0.602. The van der Waals surface area contributed by atoms with Crippen molar-refractivity contribution in [2.75, 3.05) is 23.9 Å². The van der Waals surface area contributed by atoms with Gasteiger partial charge in [-0.15, -0.1) is 0 Å². The normalized spacial score (nSPS) is 10.3. The van der Waals surface area contributed by atoms with Crippen LogP contribution in [0.3, 0.4) is 0 Å². The average Bonchev–Trinajstić information content (AvgIpc) is 2.54. The maximum atomic E-state index is 12.3. The molecule has 0 heterocycles. The van der Waals surface area contributed by atoms with E-state index in [4.69, 9.17) is 11.6 Å². The van der Waals surface area contributed by atoms with Gasteiger partial charge in [0.05, 0.1) is 0 Å². The number of carbonyl (C=O) groups excluding carboxylic acids is 2. The number of benzene rings is 2. The van der Waals surface area contributed by atoms with Gasteiger partial charge in [-0.3, -0.25) is 9.59 Å². The van der Waals surface area contributed by atoms with Crippen molar-refractivity contribution in [3.05, 3.63) is 59.1 Å². The monoisotopic (exact) mass is 330 g/mol. The first-order valence-corrected chi connectivity index (χ1v) is 7.61. The molecule has 0 aliphatic heterocycles. The Labute approximate surface area is 141 Å². The molecule has 0 atom stereocenters. The highest BCUT2D eigenvalue weighted by molar-refractivity contribution is 6.30. The van der Waals surface area contributed by atoms with Gasteiger partial charge in [-0.05, 0) is 43.3 Å². The van der Waals surface area contributed by atoms with Crippen LogP contribution in [-0.2, 0) is 9.59 Å². The van der Waals surface area contributed by atoms with Crippen molar-refractivity contribution >= 4 is 34.8 Å². The maximum Gasteiger partial charge on any atom is 0.236 e. The first-order chi connectivity index (χ1) is 10.9. The molecule has 0 unspecified atom stereocenters. The van der Waals surface area contributed by atoms with Gasteiger partial charge in [-0.25, -0.2) is 0 Å². The molecule has 0 radical (unpaired) electrons. The fourth-order valence-corrected chi connectivity index (χ4v) is 2.21. The summed E-state index contributed by atoms with van der Waals surface area (Å²) >= 11 is 5.84. The molecule has 0 saturated carbocycles. The Kier molecular flexibility index (Phi) is 5.40. The number of anilines is 2. The number of hydrogen-bond acceptors (Lipinski definition) is 2. The number of rotatable bonds is 4. The first-order valence-electron chi connectivity index (χ1n) is 7.24. The van der Waals surface area contributed by atoms with E-state index in [1.165, 1.54) is 9.80 Å². The largest absolute Gasteiger partial charge is 0.315 e. The lowest BCUT2D eigenvalue weighted by Crippen LogP contribution is -2.34. The third-order valence-corrected chi connectivity index (χ3v) is 3.94. The van der Waals surface area contributed by atoms with Crippen molar-refractivity contribution in [1.29, 1.82) is 0 Å². The zero-order valence-corrected chi connectivity index (χ0v) is 14.2. The van der Waals surface area contributed by atoms with Crippen molar-refractivity contribution in [2.45, 2.75) is 13.3 Å². The third kappa shape index (κ3) is 4.33. The molecule has 4 nitrogen and oxygen atoms in total. The Balaban J connectivity index is 2.02. The van der Waals surface area contributed by atoms with Gasteiger partial charge in [0, 0.05) is 30.5 Å². The molecular weight excluding hydrogens is 312 g/mol. The van der Waals surface area contributed by atoms with Crippen LogP contribution in [0.25, 0.3) is 0 Å². The topological polar surface area (TPSA) is 40.6 Å². The number of halogens is 1. The Morgan fingerprint density at radius 3 is 1.65 bits per heavy atom. The van der Waals surface area contributed by atoms with Gasteiger partial charge in [-0.2, -0.15) is 0 Å². The van der Waals surface area contributed by atoms with E-state index < -0.39 is 0 Å². The molecule has 0 fully saturated rings. The van der Waals surface area contributed by atoms with Crippen LogP contribution in [0.2, 0.25) is 5.02 Å². The second-order valence-corrected chi connectivity index (χ2v) is 5.83. The van der Waals surface area contributed by atoms with Crippen LogP contribution in [0.5, 0.6) is 0 Å². The molecule has 0 aromatic heterocycles. The Hall–Kier alpha value is -2.33. The van der Waals surface area contributed by atoms with E-state index in [2.05, 4.69) is 0 Å². The molecule has 0 N–H and O–H groups in total. The van der Waals surface area contributed by atoms with Gasteiger partial charge in [0.15, 0.2) is 0 Å². The lowest BCUT2D eigenvalue weighted by molar-refractivity contribution is -0.126. The maximum absolute atomic E-state index is 12.3. The molecule has 2 aromatic carbocycles. The molecule has 0 spiro atoms. The van der Waals surface area contributed by atoms with E-state index in [0.717, 1.165) is 11.3 Å². The number of amides is 2. The van der Waals surface area contributed by atoms with Crippen LogP contribution in [0, 0.1) is 6.92 Å². The van der Waals surface area contributed by atoms with Crippen LogP contribution in [-0.4, -0.2) is 25.9 Å². The Morgan fingerprint density at radius 2 is 1.22 bits per heavy atom. The second kappa shape index (κ2) is 7.29. The van der Waals surface area contributed by atoms with Gasteiger partial charge in [0.25, 0.3) is 0 Å². The van der Waals surface area contributed by atoms with E-state index in [1.54, 1.807) is 38.4 Å². The van der Waals surface area contributed by atoms with E-state index in [9.17, 15) is 9.59 Å². The highest BCUT2D eigenvalue weighted by Gasteiger charge is 2.19. The van der Waals surface area contributed by atoms with Crippen LogP contribution in [0.4, 0.5) is 11.4 Å². The molecule has 2 amide bonds. The minimum atomic E-state index is -0.267. The van der Waals surface area contributed by atoms with Crippen LogP contribution in [0.15, 0.2) is 48.5 Å². The highest BCUT2D eigenvalue weighted by atomic mass is 35.5. The SMILES string of the molecule is Cc1ccc(N(C)C(=O)CC(=O)N(C)c2ccc(Cl)cc2)cc1. The zero-order valence-electron chi connectivity index (χ0n) is 13.4. The zero-order chi connectivity index (χ0) is 17.0. The molecular formula is C18H19ClN2O2. The van der Waals surface area contributed by atoms with E-state index in [1.807, 2.05) is 31.2 Å². The summed E-state index contributed by atoms with van der Waals surface area (Å²) in [4.78, 5) is 27.5. The average molecular weight is 331 g/mol. The summed E-state index contributed by atoms with van der Waals surface area (Å²) in [6.07, 6.45) is -0.191. The van der Waals surface area contributed by atoms with E-state index in [0.29, 0.717) is 10.7 Å². The number of nitrogens with zero attached hydrogens (tertiary/aromatic N) is 2. The molecule has 0 bridgehead atoms. The summed E-state index contributed by atoms with van der Waals surface area (Å²) in [5.74, 6) is -0.518. The summed E-state index contributed by atoms with van der Waals surface area (Å²) < 4.78 is 0. The van der Waals surface area contributed by atoms with Crippen molar-refractivity contribution < 1.29 is 9.59 Å². The third-order valence-electron chi connectivity index (χ3n) is 3.69. The van der Waals surface area contributed by atoms with Crippen molar-refractivity contribution in [3.8, 4) is 0 Å². The van der Waals surface area contributed by atoms with Gasteiger partial charge in [0.2, 0.25) is 11.8 Å². The summed E-state index contributed by atoms with van der Waals surface area (Å²) in [5.41, 5.74) is 2.58. The first kappa shape index (κ1) is 17.0. The van der Waals surface area contributed by atoms with Crippen molar-refractivity contribution in [3.63, 3.8) is 0 Å². The molecule has 2 rings (SSSR count). The fourth-order valence-electron chi connectivity index (χ4n) is 2.09. The highest BCUT2D eigenvalue weighted by Crippen LogP contribution is 2.18. The quantitative estimate of drug-likeness (QED) is 0.803. The predicted molar refractivity (Wildman–Crippen MR) is 94.1 cm³/mol. The smallest absolute Gasteiger partial charge is 0.236 e. The van der Waals surface area contributed by atoms with Crippen LogP contribution < -0.4 is 9.80 Å². The van der Waals surface area contributed by atoms with Crippen LogP contribution >= 0.6 is 11.6 Å². The Bertz CT molecular complexity index is 634. The molecule has 23 heavy (non-hydrogen) atoms. The summed E-state index contributed by atoms with van der Waals surface area (Å²) in [6.45, 7) is 1.98. The molecule has 2 aromatic rings. The van der Waals surface area contributed by atoms with Gasteiger partial charge in [0.1, 0.15) is 6.42 Å². The van der Waals surface area contributed by atoms with Crippen molar-refractivity contribution in [2.24, 2.45) is 0 Å². The minimum Gasteiger partial charge on any atom is -0.315 e. The summed E-state index contributed by atoms with van der Waals surface area (Å²) in [7, 11) is 3.31. The Morgan fingerprint density at radius 1 is 0.826 bits per heavy atom. The second-order valence-electron chi connectivity index (χ2n) is 5.39. The number of aryl methyl sites for hydroxylation is 1. The standard InChI is InChI=1S/C18H19ClN2O2/c1-13-4-8-15(9-5-13)20(2)17(22)12-18(23)21(3)16-10-6-14(19)7-11-16/h4-11H,12H2,1-3H3. The van der Waals surface area contributed by atoms with Crippen LogP contribution in [0.1, 0.15) is 12.0 Å². The molecule has 120 valence electrons. The molecule has 0 aliphatic carbocycles. The fraction of sp³-hybridized carbons (Fsp3) is 0.222. The summed E-state index contributed by atoms with van der Waals surface area (Å²) in [6, 6.07) is 14.5. The lowest BCUT2D eigenvalue weighted by Gasteiger charge is -2.21. The van der Waals surface area contributed by atoms with Gasteiger partial charge < -0.3 is 9.80 Å². The van der Waals surface area contributed by atoms with E-state index >= 15 is 0 Å².